The fourth-order valence-electron chi connectivity index (χ4n) is 3.33. The van der Waals surface area contributed by atoms with E-state index in [0.717, 1.165) is 36.5 Å². The molecule has 1 aliphatic heterocycles. The molecule has 0 radical (unpaired) electrons. The molecule has 1 fully saturated rings. The maximum Gasteiger partial charge on any atom is 0.273 e. The van der Waals surface area contributed by atoms with Gasteiger partial charge in [-0.05, 0) is 43.2 Å². The molecule has 4 rings (SSSR count). The van der Waals surface area contributed by atoms with E-state index in [1.165, 1.54) is 24.5 Å². The van der Waals surface area contributed by atoms with Gasteiger partial charge in [0, 0.05) is 29.6 Å². The van der Waals surface area contributed by atoms with E-state index in [2.05, 4.69) is 4.98 Å². The summed E-state index contributed by atoms with van der Waals surface area (Å²) in [5, 5.41) is 2.82. The third-order valence-electron chi connectivity index (χ3n) is 4.96. The number of carbonyl (C=O) groups excluding carboxylic acids is 1. The highest BCUT2D eigenvalue weighted by Gasteiger charge is 2.22. The molecule has 1 saturated heterocycles. The number of thiazole rings is 1. The van der Waals surface area contributed by atoms with Gasteiger partial charge in [-0.15, -0.1) is 11.3 Å². The minimum absolute atomic E-state index is 0.0209. The Morgan fingerprint density at radius 3 is 2.77 bits per heavy atom. The Bertz CT molecular complexity index is 1050. The lowest BCUT2D eigenvalue weighted by Crippen LogP contribution is -2.27. The van der Waals surface area contributed by atoms with Crippen LogP contribution in [0.15, 0.2) is 41.8 Å². The molecular formula is C22H20ClFN2O3S. The van der Waals surface area contributed by atoms with E-state index < -0.39 is 5.82 Å². The summed E-state index contributed by atoms with van der Waals surface area (Å²) in [4.78, 5) is 18.9. The first-order valence-electron chi connectivity index (χ1n) is 9.55. The third-order valence-corrected chi connectivity index (χ3v) is 6.21. The number of nitrogens with zero attached hydrogens (tertiary/aromatic N) is 2. The normalized spacial score (nSPS) is 13.5. The molecule has 1 aromatic heterocycles. The van der Waals surface area contributed by atoms with E-state index in [4.69, 9.17) is 21.1 Å². The molecule has 2 heterocycles. The topological polar surface area (TPSA) is 51.7 Å². The Kier molecular flexibility index (Phi) is 6.20. The van der Waals surface area contributed by atoms with Crippen molar-refractivity contribution in [1.29, 1.82) is 0 Å². The zero-order valence-electron chi connectivity index (χ0n) is 16.4. The number of ether oxygens (including phenoxy) is 2. The first-order chi connectivity index (χ1) is 14.6. The van der Waals surface area contributed by atoms with Crippen molar-refractivity contribution in [2.45, 2.75) is 19.4 Å². The Morgan fingerprint density at radius 1 is 1.23 bits per heavy atom. The van der Waals surface area contributed by atoms with Crippen molar-refractivity contribution < 1.29 is 18.7 Å². The van der Waals surface area contributed by atoms with Gasteiger partial charge in [-0.2, -0.15) is 0 Å². The maximum absolute atomic E-state index is 14.0. The highest BCUT2D eigenvalue weighted by Crippen LogP contribution is 2.35. The van der Waals surface area contributed by atoms with Crippen LogP contribution in [0.1, 0.15) is 28.9 Å². The summed E-state index contributed by atoms with van der Waals surface area (Å²) in [6.45, 7) is 1.56. The van der Waals surface area contributed by atoms with E-state index in [0.29, 0.717) is 22.2 Å². The predicted octanol–water partition coefficient (Wildman–Crippen LogP) is 5.43. The van der Waals surface area contributed by atoms with Crippen LogP contribution in [0.25, 0.3) is 10.6 Å². The minimum Gasteiger partial charge on any atom is -0.493 e. The van der Waals surface area contributed by atoms with Crippen molar-refractivity contribution in [3.63, 3.8) is 0 Å². The summed E-state index contributed by atoms with van der Waals surface area (Å²) in [5.74, 6) is 0.507. The number of likely N-dealkylation sites (tertiary alicyclic amines) is 1. The number of rotatable bonds is 6. The highest BCUT2D eigenvalue weighted by molar-refractivity contribution is 7.13. The van der Waals surface area contributed by atoms with Gasteiger partial charge in [0.15, 0.2) is 11.5 Å². The number of methoxy groups -OCH3 is 1. The van der Waals surface area contributed by atoms with E-state index >= 15 is 0 Å². The Balaban J connectivity index is 1.52. The van der Waals surface area contributed by atoms with Crippen LogP contribution in [-0.2, 0) is 6.61 Å². The van der Waals surface area contributed by atoms with Gasteiger partial charge in [0.05, 0.1) is 12.1 Å². The minimum atomic E-state index is -0.420. The number of benzene rings is 2. The zero-order valence-corrected chi connectivity index (χ0v) is 17.9. The average Bonchev–Trinajstić information content (AvgIpc) is 3.45. The lowest BCUT2D eigenvalue weighted by molar-refractivity contribution is 0.0788. The van der Waals surface area contributed by atoms with E-state index in [1.807, 2.05) is 11.0 Å². The number of aromatic nitrogens is 1. The SMILES string of the molecule is COc1cc(-c2nc(C(=O)N3CCCC3)cs2)ccc1OCc1c(F)cccc1Cl. The molecule has 0 unspecified atom stereocenters. The van der Waals surface area contributed by atoms with Crippen molar-refractivity contribution in [2.24, 2.45) is 0 Å². The molecule has 0 aliphatic carbocycles. The second kappa shape index (κ2) is 9.02. The summed E-state index contributed by atoms with van der Waals surface area (Å²) < 4.78 is 25.2. The molecule has 1 amide bonds. The lowest BCUT2D eigenvalue weighted by Gasteiger charge is -2.13. The van der Waals surface area contributed by atoms with Crippen molar-refractivity contribution >= 4 is 28.8 Å². The second-order valence-electron chi connectivity index (χ2n) is 6.89. The number of hydrogen-bond acceptors (Lipinski definition) is 5. The van der Waals surface area contributed by atoms with Gasteiger partial charge in [0.25, 0.3) is 5.91 Å². The van der Waals surface area contributed by atoms with Gasteiger partial charge in [-0.3, -0.25) is 4.79 Å². The zero-order chi connectivity index (χ0) is 21.1. The molecule has 2 aromatic carbocycles. The molecule has 0 N–H and O–H groups in total. The monoisotopic (exact) mass is 446 g/mol. The fourth-order valence-corrected chi connectivity index (χ4v) is 4.34. The predicted molar refractivity (Wildman–Crippen MR) is 115 cm³/mol. The maximum atomic E-state index is 14.0. The molecule has 8 heteroatoms. The van der Waals surface area contributed by atoms with Gasteiger partial charge in [0.2, 0.25) is 0 Å². The van der Waals surface area contributed by atoms with Crippen molar-refractivity contribution in [1.82, 2.24) is 9.88 Å². The summed E-state index contributed by atoms with van der Waals surface area (Å²) >= 11 is 7.47. The first kappa shape index (κ1) is 20.6. The van der Waals surface area contributed by atoms with Crippen LogP contribution in [0.5, 0.6) is 11.5 Å². The Labute approximate surface area is 183 Å². The van der Waals surface area contributed by atoms with E-state index in [-0.39, 0.29) is 18.1 Å². The number of amides is 1. The third kappa shape index (κ3) is 4.27. The highest BCUT2D eigenvalue weighted by atomic mass is 35.5. The van der Waals surface area contributed by atoms with Gasteiger partial charge in [0.1, 0.15) is 23.1 Å². The molecule has 0 spiro atoms. The van der Waals surface area contributed by atoms with Crippen LogP contribution >= 0.6 is 22.9 Å². The summed E-state index contributed by atoms with van der Waals surface area (Å²) in [5.41, 5.74) is 1.56. The molecule has 156 valence electrons. The number of halogens is 2. The molecule has 0 saturated carbocycles. The van der Waals surface area contributed by atoms with Gasteiger partial charge < -0.3 is 14.4 Å². The summed E-state index contributed by atoms with van der Waals surface area (Å²) in [6, 6.07) is 9.88. The molecule has 3 aromatic rings. The quantitative estimate of drug-likeness (QED) is 0.507. The van der Waals surface area contributed by atoms with Gasteiger partial charge in [-0.25, -0.2) is 9.37 Å². The van der Waals surface area contributed by atoms with Gasteiger partial charge >= 0.3 is 0 Å². The Morgan fingerprint density at radius 2 is 2.03 bits per heavy atom. The molecule has 0 atom stereocenters. The number of hydrogen-bond donors (Lipinski definition) is 0. The molecule has 30 heavy (non-hydrogen) atoms. The first-order valence-corrected chi connectivity index (χ1v) is 10.8. The van der Waals surface area contributed by atoms with Crippen molar-refractivity contribution in [2.75, 3.05) is 20.2 Å². The Hall–Kier alpha value is -2.64. The van der Waals surface area contributed by atoms with Crippen LogP contribution in [0, 0.1) is 5.82 Å². The lowest BCUT2D eigenvalue weighted by atomic mass is 10.2. The van der Waals surface area contributed by atoms with Crippen molar-refractivity contribution in [3.8, 4) is 22.1 Å². The average molecular weight is 447 g/mol. The fraction of sp³-hybridized carbons (Fsp3) is 0.273. The van der Waals surface area contributed by atoms with Crippen LogP contribution < -0.4 is 9.47 Å². The molecule has 1 aliphatic rings. The van der Waals surface area contributed by atoms with Crippen LogP contribution in [0.2, 0.25) is 5.02 Å². The molecule has 5 nitrogen and oxygen atoms in total. The summed E-state index contributed by atoms with van der Waals surface area (Å²) in [7, 11) is 1.53. The van der Waals surface area contributed by atoms with E-state index in [9.17, 15) is 9.18 Å². The number of carbonyl (C=O) groups is 1. The smallest absolute Gasteiger partial charge is 0.273 e. The van der Waals surface area contributed by atoms with Crippen LogP contribution in [0.3, 0.4) is 0 Å². The molecular weight excluding hydrogens is 427 g/mol. The summed E-state index contributed by atoms with van der Waals surface area (Å²) in [6.07, 6.45) is 2.08. The van der Waals surface area contributed by atoms with E-state index in [1.54, 1.807) is 29.6 Å². The molecule has 0 bridgehead atoms. The standard InChI is InChI=1S/C22H20ClFN2O3S/c1-28-20-11-14(21-25-18(13-30-21)22(27)26-9-2-3-10-26)7-8-19(20)29-12-15-16(23)5-4-6-17(15)24/h4-8,11,13H,2-3,9-10,12H2,1H3. The largest absolute Gasteiger partial charge is 0.493 e. The second-order valence-corrected chi connectivity index (χ2v) is 8.16. The van der Waals surface area contributed by atoms with Crippen LogP contribution in [-0.4, -0.2) is 36.0 Å². The van der Waals surface area contributed by atoms with Crippen LogP contribution in [0.4, 0.5) is 4.39 Å². The van der Waals surface area contributed by atoms with Gasteiger partial charge in [-0.1, -0.05) is 17.7 Å². The van der Waals surface area contributed by atoms with Crippen molar-refractivity contribution in [3.05, 3.63) is 63.9 Å².